The summed E-state index contributed by atoms with van der Waals surface area (Å²) >= 11 is 5.29. The Morgan fingerprint density at radius 3 is 3.00 bits per heavy atom. The Bertz CT molecular complexity index is 444. The molecule has 0 aromatic heterocycles. The van der Waals surface area contributed by atoms with Gasteiger partial charge in [0.15, 0.2) is 0 Å². The van der Waals surface area contributed by atoms with E-state index in [1.54, 1.807) is 24.3 Å². The summed E-state index contributed by atoms with van der Waals surface area (Å²) in [5, 5.41) is 13.5. The van der Waals surface area contributed by atoms with Crippen LogP contribution in [0, 0.1) is 0 Å². The molecular formula is C12H13ClN2O2. The van der Waals surface area contributed by atoms with Crippen LogP contribution in [-0.2, 0) is 11.2 Å². The van der Waals surface area contributed by atoms with Crippen LogP contribution in [-0.4, -0.2) is 23.1 Å². The number of aromatic hydroxyl groups is 1. The zero-order chi connectivity index (χ0) is 12.7. The summed E-state index contributed by atoms with van der Waals surface area (Å²) in [6.45, 7) is 3.61. The lowest BCUT2D eigenvalue weighted by Crippen LogP contribution is -2.18. The monoisotopic (exact) mass is 252 g/mol. The first-order valence-electron chi connectivity index (χ1n) is 4.98. The number of phenolic OH excluding ortho intramolecular Hbond substituents is 1. The largest absolute Gasteiger partial charge is 0.507 e. The number of amides is 1. The fraction of sp³-hybridized carbons (Fsp3) is 0.167. The fourth-order valence-corrected chi connectivity index (χ4v) is 1.30. The number of rotatable bonds is 5. The molecule has 0 saturated heterocycles. The lowest BCUT2D eigenvalue weighted by atomic mass is 10.1. The van der Waals surface area contributed by atoms with Crippen molar-refractivity contribution in [2.75, 3.05) is 5.88 Å². The molecule has 0 fully saturated rings. The highest BCUT2D eigenvalue weighted by Gasteiger charge is 2.03. The van der Waals surface area contributed by atoms with Crippen molar-refractivity contribution in [3.05, 3.63) is 42.0 Å². The van der Waals surface area contributed by atoms with Gasteiger partial charge in [0.05, 0.1) is 6.21 Å². The van der Waals surface area contributed by atoms with Crippen LogP contribution in [0.1, 0.15) is 11.1 Å². The van der Waals surface area contributed by atoms with Gasteiger partial charge in [0.1, 0.15) is 11.6 Å². The molecule has 0 saturated carbocycles. The highest BCUT2D eigenvalue weighted by atomic mass is 35.5. The van der Waals surface area contributed by atoms with Gasteiger partial charge in [-0.05, 0) is 18.1 Å². The van der Waals surface area contributed by atoms with E-state index in [4.69, 9.17) is 11.6 Å². The first kappa shape index (κ1) is 13.3. The Hall–Kier alpha value is -1.81. The van der Waals surface area contributed by atoms with Gasteiger partial charge in [-0.15, -0.1) is 18.2 Å². The number of benzene rings is 1. The molecule has 90 valence electrons. The number of carbonyl (C=O) groups is 1. The van der Waals surface area contributed by atoms with Crippen LogP contribution < -0.4 is 5.43 Å². The fourth-order valence-electron chi connectivity index (χ4n) is 1.24. The molecule has 0 atom stereocenters. The van der Waals surface area contributed by atoms with Gasteiger partial charge in [-0.2, -0.15) is 5.10 Å². The highest BCUT2D eigenvalue weighted by Crippen LogP contribution is 2.21. The van der Waals surface area contributed by atoms with E-state index < -0.39 is 5.91 Å². The van der Waals surface area contributed by atoms with E-state index in [0.29, 0.717) is 12.0 Å². The highest BCUT2D eigenvalue weighted by molar-refractivity contribution is 6.27. The minimum absolute atomic E-state index is 0.135. The molecule has 2 N–H and O–H groups in total. The summed E-state index contributed by atoms with van der Waals surface area (Å²) in [7, 11) is 0. The number of hydrazone groups is 1. The second kappa shape index (κ2) is 6.70. The average Bonchev–Trinajstić information content (AvgIpc) is 2.33. The normalized spacial score (nSPS) is 10.4. The SMILES string of the molecule is C=CCc1cccc(C=NNC(=O)CCl)c1O. The number of para-hydroxylation sites is 1. The van der Waals surface area contributed by atoms with E-state index >= 15 is 0 Å². The van der Waals surface area contributed by atoms with Crippen molar-refractivity contribution in [3.8, 4) is 5.75 Å². The topological polar surface area (TPSA) is 61.7 Å². The third-order valence-corrected chi connectivity index (χ3v) is 2.27. The van der Waals surface area contributed by atoms with Crippen molar-refractivity contribution in [1.29, 1.82) is 0 Å². The summed E-state index contributed by atoms with van der Waals surface area (Å²) in [5.41, 5.74) is 3.51. The van der Waals surface area contributed by atoms with E-state index in [0.717, 1.165) is 5.56 Å². The second-order valence-electron chi connectivity index (χ2n) is 3.27. The van der Waals surface area contributed by atoms with E-state index in [2.05, 4.69) is 17.1 Å². The first-order chi connectivity index (χ1) is 8.19. The number of phenols is 1. The van der Waals surface area contributed by atoms with Crippen LogP contribution in [0.4, 0.5) is 0 Å². The molecule has 0 aliphatic rings. The lowest BCUT2D eigenvalue weighted by molar-refractivity contribution is -0.118. The number of hydrogen-bond acceptors (Lipinski definition) is 3. The molecule has 1 aromatic carbocycles. The standard InChI is InChI=1S/C12H13ClN2O2/c1-2-4-9-5-3-6-10(12(9)17)8-14-15-11(16)7-13/h2-3,5-6,8,17H,1,4,7H2,(H,15,16). The molecule has 4 nitrogen and oxygen atoms in total. The van der Waals surface area contributed by atoms with Crippen molar-refractivity contribution < 1.29 is 9.90 Å². The maximum absolute atomic E-state index is 10.8. The van der Waals surface area contributed by atoms with Gasteiger partial charge >= 0.3 is 0 Å². The van der Waals surface area contributed by atoms with Crippen molar-refractivity contribution in [2.24, 2.45) is 5.10 Å². The minimum Gasteiger partial charge on any atom is -0.507 e. The molecular weight excluding hydrogens is 240 g/mol. The van der Waals surface area contributed by atoms with Gasteiger partial charge in [0.2, 0.25) is 0 Å². The molecule has 0 bridgehead atoms. The average molecular weight is 253 g/mol. The molecule has 0 radical (unpaired) electrons. The Kier molecular flexibility index (Phi) is 5.23. The number of halogens is 1. The quantitative estimate of drug-likeness (QED) is 0.363. The maximum atomic E-state index is 10.8. The smallest absolute Gasteiger partial charge is 0.254 e. The Morgan fingerprint density at radius 2 is 2.35 bits per heavy atom. The lowest BCUT2D eigenvalue weighted by Gasteiger charge is -2.04. The predicted molar refractivity (Wildman–Crippen MR) is 68.5 cm³/mol. The number of carbonyl (C=O) groups excluding carboxylic acids is 1. The van der Waals surface area contributed by atoms with Crippen molar-refractivity contribution in [1.82, 2.24) is 5.43 Å². The van der Waals surface area contributed by atoms with Gasteiger partial charge in [-0.25, -0.2) is 5.43 Å². The number of nitrogens with zero attached hydrogens (tertiary/aromatic N) is 1. The zero-order valence-electron chi connectivity index (χ0n) is 9.19. The predicted octanol–water partition coefficient (Wildman–Crippen LogP) is 1.81. The Labute approximate surface area is 105 Å². The van der Waals surface area contributed by atoms with Gasteiger partial charge in [0.25, 0.3) is 5.91 Å². The molecule has 0 heterocycles. The molecule has 1 amide bonds. The van der Waals surface area contributed by atoms with Crippen molar-refractivity contribution in [3.63, 3.8) is 0 Å². The summed E-state index contributed by atoms with van der Waals surface area (Å²) < 4.78 is 0. The van der Waals surface area contributed by atoms with E-state index in [1.165, 1.54) is 6.21 Å². The van der Waals surface area contributed by atoms with Gasteiger partial charge in [-0.1, -0.05) is 18.2 Å². The van der Waals surface area contributed by atoms with E-state index in [1.807, 2.05) is 0 Å². The van der Waals surface area contributed by atoms with Crippen LogP contribution in [0.5, 0.6) is 5.75 Å². The molecule has 5 heteroatoms. The number of nitrogens with one attached hydrogen (secondary N) is 1. The molecule has 17 heavy (non-hydrogen) atoms. The van der Waals surface area contributed by atoms with Crippen molar-refractivity contribution in [2.45, 2.75) is 6.42 Å². The number of allylic oxidation sites excluding steroid dienone is 1. The van der Waals surface area contributed by atoms with Crippen LogP contribution in [0.25, 0.3) is 0 Å². The minimum atomic E-state index is -0.398. The van der Waals surface area contributed by atoms with Crippen LogP contribution in [0.15, 0.2) is 36.0 Å². The summed E-state index contributed by atoms with van der Waals surface area (Å²) in [6.07, 6.45) is 3.64. The van der Waals surface area contributed by atoms with Crippen LogP contribution >= 0.6 is 11.6 Å². The molecule has 0 spiro atoms. The maximum Gasteiger partial charge on any atom is 0.254 e. The van der Waals surface area contributed by atoms with Crippen molar-refractivity contribution >= 4 is 23.7 Å². The first-order valence-corrected chi connectivity index (χ1v) is 5.52. The van der Waals surface area contributed by atoms with Crippen LogP contribution in [0.2, 0.25) is 0 Å². The Morgan fingerprint density at radius 1 is 1.59 bits per heavy atom. The summed E-state index contributed by atoms with van der Waals surface area (Å²) in [6, 6.07) is 5.28. The molecule has 0 aliphatic heterocycles. The Balaban J connectivity index is 2.80. The third kappa shape index (κ3) is 3.92. The molecule has 1 rings (SSSR count). The van der Waals surface area contributed by atoms with E-state index in [-0.39, 0.29) is 11.6 Å². The van der Waals surface area contributed by atoms with Gasteiger partial charge < -0.3 is 5.11 Å². The second-order valence-corrected chi connectivity index (χ2v) is 3.54. The third-order valence-electron chi connectivity index (χ3n) is 2.03. The van der Waals surface area contributed by atoms with Gasteiger partial charge in [-0.3, -0.25) is 4.79 Å². The molecule has 0 aliphatic carbocycles. The summed E-state index contributed by atoms with van der Waals surface area (Å²) in [4.78, 5) is 10.8. The summed E-state index contributed by atoms with van der Waals surface area (Å²) in [5.74, 6) is -0.416. The van der Waals surface area contributed by atoms with Gasteiger partial charge in [0, 0.05) is 5.56 Å². The molecule has 0 unspecified atom stereocenters. The number of hydrogen-bond donors (Lipinski definition) is 2. The van der Waals surface area contributed by atoms with Crippen LogP contribution in [0.3, 0.4) is 0 Å². The zero-order valence-corrected chi connectivity index (χ0v) is 9.94. The molecule has 1 aromatic rings. The number of alkyl halides is 1. The van der Waals surface area contributed by atoms with E-state index in [9.17, 15) is 9.90 Å².